The second-order valence-corrected chi connectivity index (χ2v) is 18.2. The summed E-state index contributed by atoms with van der Waals surface area (Å²) in [4.78, 5) is 0.237. The smallest absolute Gasteiger partial charge is 0.206 e. The fourth-order valence-electron chi connectivity index (χ4n) is 8.11. The van der Waals surface area contributed by atoms with E-state index in [0.717, 1.165) is 44.5 Å². The zero-order valence-corrected chi connectivity index (χ0v) is 37.2. The molecule has 0 aromatic heterocycles. The van der Waals surface area contributed by atoms with Gasteiger partial charge in [0.2, 0.25) is 9.84 Å². The van der Waals surface area contributed by atoms with Gasteiger partial charge in [-0.15, -0.1) is 0 Å². The third kappa shape index (κ3) is 8.38. The summed E-state index contributed by atoms with van der Waals surface area (Å²) >= 11 is 0. The number of benzene rings is 8. The van der Waals surface area contributed by atoms with Gasteiger partial charge in [-0.05, 0) is 180 Å². The molecule has 1 aliphatic rings. The maximum absolute atomic E-state index is 12.4. The summed E-state index contributed by atoms with van der Waals surface area (Å²) in [5.74, 6) is 1.26. The van der Waals surface area contributed by atoms with Crippen molar-refractivity contribution in [3.05, 3.63) is 213 Å². The number of rotatable bonds is 5. The molecule has 64 heavy (non-hydrogen) atoms. The number of phenols is 6. The van der Waals surface area contributed by atoms with Crippen molar-refractivity contribution in [1.82, 2.24) is 0 Å². The van der Waals surface area contributed by atoms with E-state index in [-0.39, 0.29) is 32.8 Å². The highest BCUT2D eigenvalue weighted by molar-refractivity contribution is 7.91. The topological polar surface area (TPSA) is 156 Å². The fraction of sp³-hybridized carbons (Fsp3) is 0.127. The van der Waals surface area contributed by atoms with Crippen molar-refractivity contribution in [2.45, 2.75) is 56.7 Å². The van der Waals surface area contributed by atoms with Gasteiger partial charge in [0.1, 0.15) is 34.5 Å². The van der Waals surface area contributed by atoms with Crippen molar-refractivity contribution in [2.24, 2.45) is 0 Å². The highest BCUT2D eigenvalue weighted by Crippen LogP contribution is 2.56. The van der Waals surface area contributed by atoms with Gasteiger partial charge in [0.05, 0.1) is 15.2 Å². The maximum atomic E-state index is 12.4. The minimum atomic E-state index is -3.64. The number of fused-ring (bicyclic) bond motifs is 3. The molecule has 9 heteroatoms. The normalized spacial score (nSPS) is 12.2. The van der Waals surface area contributed by atoms with E-state index >= 15 is 0 Å². The molecule has 0 fully saturated rings. The van der Waals surface area contributed by atoms with Crippen molar-refractivity contribution in [3.8, 4) is 56.8 Å². The van der Waals surface area contributed by atoms with Gasteiger partial charge in [0, 0.05) is 0 Å². The van der Waals surface area contributed by atoms with Gasteiger partial charge >= 0.3 is 0 Å². The summed E-state index contributed by atoms with van der Waals surface area (Å²) in [5.41, 5.74) is 12.8. The minimum Gasteiger partial charge on any atom is -0.508 e. The molecule has 0 saturated heterocycles. The number of hydrogen-bond acceptors (Lipinski definition) is 8. The molecule has 9 rings (SSSR count). The van der Waals surface area contributed by atoms with Crippen LogP contribution in [0.15, 0.2) is 168 Å². The van der Waals surface area contributed by atoms with Gasteiger partial charge in [0.25, 0.3) is 0 Å². The van der Waals surface area contributed by atoms with Crippen LogP contribution in [0.1, 0.15) is 55.6 Å². The number of aromatic hydroxyl groups is 6. The van der Waals surface area contributed by atoms with Crippen LogP contribution in [0.3, 0.4) is 0 Å². The van der Waals surface area contributed by atoms with Gasteiger partial charge in [-0.3, -0.25) is 0 Å². The number of sulfone groups is 1. The molecule has 1 aliphatic carbocycles. The Hall–Kier alpha value is -7.49. The molecule has 0 saturated carbocycles. The Labute approximate surface area is 374 Å². The van der Waals surface area contributed by atoms with Gasteiger partial charge < -0.3 is 30.6 Å². The Morgan fingerprint density at radius 1 is 0.344 bits per heavy atom. The van der Waals surface area contributed by atoms with Gasteiger partial charge in [-0.25, -0.2) is 8.42 Å². The molecule has 324 valence electrons. The Kier molecular flexibility index (Phi) is 12.3. The molecule has 0 amide bonds. The van der Waals surface area contributed by atoms with E-state index in [1.165, 1.54) is 58.7 Å². The number of hydrogen-bond donors (Lipinski definition) is 6. The van der Waals surface area contributed by atoms with Crippen LogP contribution in [0, 0.1) is 41.5 Å². The molecular weight excluding hydrogens is 821 g/mol. The first-order valence-corrected chi connectivity index (χ1v) is 22.1. The minimum absolute atomic E-state index is 0.0563. The van der Waals surface area contributed by atoms with Crippen LogP contribution < -0.4 is 0 Å². The lowest BCUT2D eigenvalue weighted by atomic mass is 9.67. The highest BCUT2D eigenvalue weighted by Gasteiger charge is 2.46. The van der Waals surface area contributed by atoms with Crippen molar-refractivity contribution >= 4 is 9.84 Å². The summed E-state index contributed by atoms with van der Waals surface area (Å²) in [6.45, 7) is 10.8. The molecule has 8 nitrogen and oxygen atoms in total. The first kappa shape index (κ1) is 44.6. The molecule has 8 aromatic rings. The van der Waals surface area contributed by atoms with Crippen LogP contribution in [0.2, 0.25) is 0 Å². The van der Waals surface area contributed by atoms with Gasteiger partial charge in [-0.1, -0.05) is 97.1 Å². The molecule has 6 N–H and O–H groups in total. The molecule has 0 heterocycles. The number of phenolic OH excluding ortho intramolecular Hbond substituents is 6. The quantitative estimate of drug-likeness (QED) is 0.0998. The van der Waals surface area contributed by atoms with E-state index in [0.29, 0.717) is 22.6 Å². The second-order valence-electron chi connectivity index (χ2n) is 16.2. The van der Waals surface area contributed by atoms with Crippen LogP contribution >= 0.6 is 0 Å². The van der Waals surface area contributed by atoms with E-state index in [9.17, 15) is 39.1 Å². The van der Waals surface area contributed by atoms with Gasteiger partial charge in [-0.2, -0.15) is 0 Å². The Morgan fingerprint density at radius 2 is 0.688 bits per heavy atom. The highest BCUT2D eigenvalue weighted by atomic mass is 32.2. The van der Waals surface area contributed by atoms with E-state index in [1.54, 1.807) is 38.1 Å². The lowest BCUT2D eigenvalue weighted by Crippen LogP contribution is -2.28. The first-order valence-electron chi connectivity index (χ1n) is 20.7. The maximum Gasteiger partial charge on any atom is 0.206 e. The van der Waals surface area contributed by atoms with Crippen LogP contribution in [0.5, 0.6) is 34.5 Å². The summed E-state index contributed by atoms with van der Waals surface area (Å²) in [6.07, 6.45) is 0. The molecule has 0 unspecified atom stereocenters. The average molecular weight is 871 g/mol. The summed E-state index contributed by atoms with van der Waals surface area (Å²) in [6, 6.07) is 48.1. The third-order valence-electron chi connectivity index (χ3n) is 11.9. The molecule has 0 bridgehead atoms. The lowest BCUT2D eigenvalue weighted by Gasteiger charge is -2.34. The summed E-state index contributed by atoms with van der Waals surface area (Å²) in [5, 5.41) is 58.5. The zero-order chi connectivity index (χ0) is 46.1. The predicted molar refractivity (Wildman–Crippen MR) is 252 cm³/mol. The second kappa shape index (κ2) is 17.7. The Bertz CT molecular complexity index is 2960. The third-order valence-corrected chi connectivity index (χ3v) is 13.7. The average Bonchev–Trinajstić information content (AvgIpc) is 3.58. The van der Waals surface area contributed by atoms with E-state index in [2.05, 4.69) is 60.7 Å². The molecule has 0 radical (unpaired) electrons. The van der Waals surface area contributed by atoms with Crippen molar-refractivity contribution < 1.29 is 39.1 Å². The summed E-state index contributed by atoms with van der Waals surface area (Å²) < 4.78 is 24.8. The van der Waals surface area contributed by atoms with Crippen molar-refractivity contribution in [2.75, 3.05) is 0 Å². The molecule has 0 spiro atoms. The van der Waals surface area contributed by atoms with Crippen LogP contribution in [0.25, 0.3) is 22.3 Å². The Morgan fingerprint density at radius 3 is 1.03 bits per heavy atom. The molecule has 0 atom stereocenters. The van der Waals surface area contributed by atoms with Crippen LogP contribution in [0.4, 0.5) is 0 Å². The largest absolute Gasteiger partial charge is 0.508 e. The van der Waals surface area contributed by atoms with E-state index in [1.807, 2.05) is 64.1 Å². The van der Waals surface area contributed by atoms with E-state index in [4.69, 9.17) is 0 Å². The van der Waals surface area contributed by atoms with Crippen molar-refractivity contribution in [3.63, 3.8) is 0 Å². The van der Waals surface area contributed by atoms with Gasteiger partial charge in [0.15, 0.2) is 0 Å². The lowest BCUT2D eigenvalue weighted by molar-refractivity contribution is 0.469. The molecule has 0 aliphatic heterocycles. The molecular formula is C55H50O8S. The van der Waals surface area contributed by atoms with Crippen LogP contribution in [-0.4, -0.2) is 39.1 Å². The molecule has 8 aromatic carbocycles. The van der Waals surface area contributed by atoms with Crippen molar-refractivity contribution in [1.29, 1.82) is 0 Å². The first-order chi connectivity index (χ1) is 30.4. The predicted octanol–water partition coefficient (Wildman–Crippen LogP) is 12.0. The van der Waals surface area contributed by atoms with Crippen LogP contribution in [-0.2, 0) is 15.3 Å². The SMILES string of the molecule is Cc1cc(C2(c3ccc(O)c(C)c3)c3ccccc3-c3ccccc32)ccc1O.Cc1cc(S(=O)(=O)c2ccc(O)c(C)c2)ccc1O.Cc1ccc(-c2ccc(C)c(O)c2)cc1O. The zero-order valence-electron chi connectivity index (χ0n) is 36.4. The monoisotopic (exact) mass is 870 g/mol. The van der Waals surface area contributed by atoms with E-state index < -0.39 is 15.3 Å². The fourth-order valence-corrected chi connectivity index (χ4v) is 9.54. The Balaban J connectivity index is 0.000000152. The summed E-state index contributed by atoms with van der Waals surface area (Å²) in [7, 11) is -3.64. The standard InChI is InChI=1S/C27H22O2.C14H14O4S.C14H14O2/c1-17-15-19(11-13-25(17)28)27(20-12-14-26(29)18(2)16-20)23-9-5-3-7-21(23)22-8-4-6-10-24(22)27;1-9-7-11(3-5-13(9)15)19(17,18)12-4-6-14(16)10(2)8-12;1-9-3-5-11(7-13(9)15)12-6-4-10(2)14(16)8-12/h3-16,28-29H,1-2H3;3-8,15-16H,1-2H3;3-8,15-16H,1-2H3. The number of aryl methyl sites for hydroxylation is 6.